The second-order valence-corrected chi connectivity index (χ2v) is 8.74. The van der Waals surface area contributed by atoms with Crippen molar-refractivity contribution in [1.29, 1.82) is 5.26 Å². The van der Waals surface area contributed by atoms with Crippen molar-refractivity contribution in [2.75, 3.05) is 0 Å². The van der Waals surface area contributed by atoms with E-state index >= 15 is 0 Å². The lowest BCUT2D eigenvalue weighted by Crippen LogP contribution is -2.30. The van der Waals surface area contributed by atoms with Gasteiger partial charge < -0.3 is 4.42 Å². The molecular weight excluding hydrogens is 447 g/mol. The summed E-state index contributed by atoms with van der Waals surface area (Å²) in [5, 5.41) is 11.5. The molecule has 0 spiro atoms. The smallest absolute Gasteiger partial charge is 0.219 e. The van der Waals surface area contributed by atoms with Gasteiger partial charge in [-0.25, -0.2) is 8.96 Å². The van der Waals surface area contributed by atoms with E-state index < -0.39 is 17.9 Å². The molecule has 36 heavy (non-hydrogen) atoms. The van der Waals surface area contributed by atoms with E-state index in [1.165, 1.54) is 4.57 Å². The third-order valence-electron chi connectivity index (χ3n) is 6.55. The van der Waals surface area contributed by atoms with Crippen LogP contribution in [0.2, 0.25) is 0 Å². The largest absolute Gasteiger partial charge is 0.454 e. The molecule has 0 aliphatic heterocycles. The Kier molecular flexibility index (Phi) is 4.37. The molecule has 0 bridgehead atoms. The molecule has 0 unspecified atom stereocenters. The van der Waals surface area contributed by atoms with E-state index in [1.54, 1.807) is 13.1 Å². The molecule has 0 amide bonds. The molecule has 0 atom stereocenters. The van der Waals surface area contributed by atoms with Gasteiger partial charge in [0.1, 0.15) is 25.4 Å². The van der Waals surface area contributed by atoms with Crippen molar-refractivity contribution >= 4 is 21.9 Å². The first kappa shape index (κ1) is 18.6. The third-order valence-corrected chi connectivity index (χ3v) is 6.55. The minimum atomic E-state index is -1.05. The first-order valence-corrected chi connectivity index (χ1v) is 11.5. The first-order valence-electron chi connectivity index (χ1n) is 13.0. The van der Waals surface area contributed by atoms with E-state index in [4.69, 9.17) is 8.53 Å². The molecule has 4 aromatic carbocycles. The number of pyridine rings is 1. The number of nitriles is 1. The molecule has 2 heterocycles. The van der Waals surface area contributed by atoms with E-state index in [-0.39, 0.29) is 11.9 Å². The highest BCUT2D eigenvalue weighted by Gasteiger charge is 2.23. The average molecular weight is 473 g/mol. The maximum absolute atomic E-state index is 14.8. The predicted octanol–water partition coefficient (Wildman–Crippen LogP) is 7.73. The van der Waals surface area contributed by atoms with E-state index in [1.807, 2.05) is 79.7 Å². The second kappa shape index (κ2) is 8.48. The summed E-state index contributed by atoms with van der Waals surface area (Å²) in [5.74, 6) is -1.05. The summed E-state index contributed by atoms with van der Waals surface area (Å²) in [5.41, 5.74) is 6.38. The quantitative estimate of drug-likeness (QED) is 0.247. The summed E-state index contributed by atoms with van der Waals surface area (Å²) in [4.78, 5) is 0. The molecule has 6 aromatic rings. The molecule has 4 heteroatoms. The lowest BCUT2D eigenvalue weighted by molar-refractivity contribution is -0.660. The van der Waals surface area contributed by atoms with Crippen molar-refractivity contribution in [3.05, 3.63) is 114 Å². The fraction of sp³-hybridized carbons (Fsp3) is 0.0625. The Balaban J connectivity index is 1.64. The van der Waals surface area contributed by atoms with Crippen LogP contribution in [-0.4, -0.2) is 0 Å². The number of aryl methyl sites for hydroxylation is 1. The molecule has 6 rings (SSSR count). The molecular formula is C32H22FN2O+. The number of hydrogen-bond acceptors (Lipinski definition) is 2. The fourth-order valence-corrected chi connectivity index (χ4v) is 4.77. The molecule has 0 aliphatic rings. The van der Waals surface area contributed by atoms with Gasteiger partial charge >= 0.3 is 0 Å². The van der Waals surface area contributed by atoms with Gasteiger partial charge in [-0.1, -0.05) is 66.7 Å². The standard InChI is InChI=1S/C32H22FN2O/c1-20-8-14-26-27-15-13-24(19-34)30(23-11-9-22(10-12-23)21-6-4-3-5-7-21)32(27)36-31(26)29(20)28-18-25(33)16-17-35(28)2/h3-18H,1-2H3/q+1/i16D,17D,18D. The molecule has 0 saturated carbocycles. The third kappa shape index (κ3) is 3.45. The van der Waals surface area contributed by atoms with E-state index in [0.717, 1.165) is 33.0 Å². The number of aromatic nitrogens is 1. The van der Waals surface area contributed by atoms with Crippen LogP contribution in [0.4, 0.5) is 4.39 Å². The van der Waals surface area contributed by atoms with Crippen LogP contribution >= 0.6 is 0 Å². The molecule has 0 saturated heterocycles. The molecule has 0 N–H and O–H groups in total. The Morgan fingerprint density at radius 1 is 0.833 bits per heavy atom. The number of furan rings is 1. The maximum Gasteiger partial charge on any atom is 0.219 e. The Labute approximate surface area is 212 Å². The first-order chi connectivity index (χ1) is 18.8. The Hall–Kier alpha value is -4.75. The van der Waals surface area contributed by atoms with Gasteiger partial charge in [0, 0.05) is 28.4 Å². The number of nitrogens with zero attached hydrogens (tertiary/aromatic N) is 2. The van der Waals surface area contributed by atoms with E-state index in [0.29, 0.717) is 27.9 Å². The zero-order chi connectivity index (χ0) is 27.4. The molecule has 0 fully saturated rings. The van der Waals surface area contributed by atoms with Crippen LogP contribution < -0.4 is 4.57 Å². The highest BCUT2D eigenvalue weighted by atomic mass is 19.1. The zero-order valence-electron chi connectivity index (χ0n) is 22.7. The van der Waals surface area contributed by atoms with Gasteiger partial charge in [-0.2, -0.15) is 5.26 Å². The summed E-state index contributed by atoms with van der Waals surface area (Å²) >= 11 is 0. The Morgan fingerprint density at radius 2 is 1.47 bits per heavy atom. The molecule has 3 nitrogen and oxygen atoms in total. The molecule has 0 aliphatic carbocycles. The number of rotatable bonds is 3. The Bertz CT molecular complexity index is 1950. The van der Waals surface area contributed by atoms with Gasteiger partial charge in [-0.05, 0) is 41.3 Å². The van der Waals surface area contributed by atoms with Crippen molar-refractivity contribution in [2.24, 2.45) is 7.05 Å². The van der Waals surface area contributed by atoms with Crippen molar-refractivity contribution in [3.8, 4) is 39.6 Å². The number of hydrogen-bond donors (Lipinski definition) is 0. The maximum atomic E-state index is 14.8. The van der Waals surface area contributed by atoms with Crippen molar-refractivity contribution in [2.45, 2.75) is 6.92 Å². The Morgan fingerprint density at radius 3 is 2.19 bits per heavy atom. The lowest BCUT2D eigenvalue weighted by Gasteiger charge is -2.07. The van der Waals surface area contributed by atoms with Gasteiger partial charge in [0.05, 0.1) is 19.9 Å². The molecule has 172 valence electrons. The minimum Gasteiger partial charge on any atom is -0.454 e. The minimum absolute atomic E-state index is 0.157. The SMILES string of the molecule is [2H]c1c(F)c([2H])c(-c2c(C)ccc3c2oc2c(-c4ccc(-c5ccccc5)cc4)c(C#N)ccc23)[n+](C)c1[2H]. The van der Waals surface area contributed by atoms with Gasteiger partial charge in [0.2, 0.25) is 5.69 Å². The van der Waals surface area contributed by atoms with Crippen LogP contribution in [0.1, 0.15) is 15.2 Å². The van der Waals surface area contributed by atoms with Gasteiger partial charge in [0.25, 0.3) is 0 Å². The van der Waals surface area contributed by atoms with Crippen LogP contribution in [0.15, 0.2) is 102 Å². The van der Waals surface area contributed by atoms with Crippen LogP contribution in [0, 0.1) is 24.1 Å². The zero-order valence-corrected chi connectivity index (χ0v) is 19.7. The fourth-order valence-electron chi connectivity index (χ4n) is 4.77. The number of halogens is 1. The van der Waals surface area contributed by atoms with Crippen molar-refractivity contribution in [1.82, 2.24) is 0 Å². The highest BCUT2D eigenvalue weighted by molar-refractivity contribution is 6.14. The summed E-state index contributed by atoms with van der Waals surface area (Å²) in [6.07, 6.45) is -0.336. The summed E-state index contributed by atoms with van der Waals surface area (Å²) < 4.78 is 47.2. The van der Waals surface area contributed by atoms with E-state index in [9.17, 15) is 9.65 Å². The average Bonchev–Trinajstić information content (AvgIpc) is 3.35. The normalized spacial score (nSPS) is 12.3. The van der Waals surface area contributed by atoms with Gasteiger partial charge in [-0.15, -0.1) is 0 Å². The van der Waals surface area contributed by atoms with Crippen molar-refractivity contribution < 1.29 is 17.5 Å². The molecule has 2 aromatic heterocycles. The number of fused-ring (bicyclic) bond motifs is 3. The summed E-state index contributed by atoms with van der Waals surface area (Å²) in [6.45, 7) is 1.83. The second-order valence-electron chi connectivity index (χ2n) is 8.74. The summed E-state index contributed by atoms with van der Waals surface area (Å²) in [6, 6.07) is 26.6. The van der Waals surface area contributed by atoms with Crippen LogP contribution in [-0.2, 0) is 7.05 Å². The predicted molar refractivity (Wildman–Crippen MR) is 141 cm³/mol. The van der Waals surface area contributed by atoms with Gasteiger partial charge in [0.15, 0.2) is 6.17 Å². The lowest BCUT2D eigenvalue weighted by atomic mass is 9.95. The van der Waals surface area contributed by atoms with Crippen LogP contribution in [0.5, 0.6) is 0 Å². The van der Waals surface area contributed by atoms with E-state index in [2.05, 4.69) is 6.07 Å². The highest BCUT2D eigenvalue weighted by Crippen LogP contribution is 2.42. The monoisotopic (exact) mass is 472 g/mol. The molecule has 0 radical (unpaired) electrons. The van der Waals surface area contributed by atoms with Crippen LogP contribution in [0.25, 0.3) is 55.4 Å². The van der Waals surface area contributed by atoms with Gasteiger partial charge in [-0.3, -0.25) is 0 Å². The van der Waals surface area contributed by atoms with Crippen molar-refractivity contribution in [3.63, 3.8) is 0 Å². The van der Waals surface area contributed by atoms with Crippen LogP contribution in [0.3, 0.4) is 0 Å². The number of benzene rings is 4. The summed E-state index contributed by atoms with van der Waals surface area (Å²) in [7, 11) is 1.54. The topological polar surface area (TPSA) is 40.8 Å².